The fourth-order valence-corrected chi connectivity index (χ4v) is 4.59. The first-order chi connectivity index (χ1) is 12.8. The topological polar surface area (TPSA) is 98.8 Å². The number of carbonyl (C=O) groups is 2. The van der Waals surface area contributed by atoms with Crippen LogP contribution in [-0.2, 0) is 14.8 Å². The molecule has 27 heavy (non-hydrogen) atoms. The minimum Gasteiger partial charge on any atom is -0.343 e. The lowest BCUT2D eigenvalue weighted by Gasteiger charge is -2.34. The van der Waals surface area contributed by atoms with Crippen LogP contribution in [0.4, 0.5) is 0 Å². The van der Waals surface area contributed by atoms with E-state index in [1.807, 2.05) is 6.92 Å². The molecule has 9 heteroatoms. The lowest BCUT2D eigenvalue weighted by molar-refractivity contribution is -0.132. The molecule has 1 saturated heterocycles. The van der Waals surface area contributed by atoms with Crippen LogP contribution in [0.2, 0.25) is 0 Å². The first kappa shape index (κ1) is 21.3. The number of nitrogens with zero attached hydrogens (tertiary/aromatic N) is 2. The molecular formula is C18H28N4O4S. The Morgan fingerprint density at radius 3 is 2.63 bits per heavy atom. The van der Waals surface area contributed by atoms with Crippen molar-refractivity contribution in [3.05, 3.63) is 29.8 Å². The Balaban J connectivity index is 2.06. The van der Waals surface area contributed by atoms with Crippen molar-refractivity contribution in [1.29, 1.82) is 0 Å². The summed E-state index contributed by atoms with van der Waals surface area (Å²) < 4.78 is 26.5. The summed E-state index contributed by atoms with van der Waals surface area (Å²) >= 11 is 0. The highest BCUT2D eigenvalue weighted by Gasteiger charge is 2.24. The van der Waals surface area contributed by atoms with Crippen molar-refractivity contribution in [2.75, 3.05) is 39.3 Å². The quantitative estimate of drug-likeness (QED) is 0.689. The zero-order valence-corrected chi connectivity index (χ0v) is 16.9. The fourth-order valence-electron chi connectivity index (χ4n) is 3.08. The zero-order valence-electron chi connectivity index (χ0n) is 16.1. The lowest BCUT2D eigenvalue weighted by atomic mass is 10.2. The van der Waals surface area contributed by atoms with E-state index in [1.54, 1.807) is 18.7 Å². The van der Waals surface area contributed by atoms with Gasteiger partial charge in [0.05, 0.1) is 11.4 Å². The van der Waals surface area contributed by atoms with Gasteiger partial charge < -0.3 is 15.5 Å². The maximum absolute atomic E-state index is 12.6. The molecule has 2 N–H and O–H groups in total. The SMILES string of the molecule is CCN(CC)S(=O)(=O)c1cccc(C(=O)NCC(=O)N2CCNC[C@H]2C)c1. The van der Waals surface area contributed by atoms with Gasteiger partial charge in [-0.25, -0.2) is 8.42 Å². The summed E-state index contributed by atoms with van der Waals surface area (Å²) in [5.74, 6) is -0.619. The fraction of sp³-hybridized carbons (Fsp3) is 0.556. The second kappa shape index (κ2) is 9.29. The van der Waals surface area contributed by atoms with Gasteiger partial charge in [0, 0.05) is 44.3 Å². The Bertz CT molecular complexity index is 777. The van der Waals surface area contributed by atoms with Gasteiger partial charge in [-0.2, -0.15) is 4.31 Å². The van der Waals surface area contributed by atoms with Crippen LogP contribution in [0.3, 0.4) is 0 Å². The zero-order chi connectivity index (χ0) is 20.0. The van der Waals surface area contributed by atoms with E-state index in [-0.39, 0.29) is 29.0 Å². The first-order valence-corrected chi connectivity index (χ1v) is 10.6. The third kappa shape index (κ3) is 5.06. The number of rotatable bonds is 7. The predicted octanol–water partition coefficient (Wildman–Crippen LogP) is 0.267. The van der Waals surface area contributed by atoms with E-state index < -0.39 is 15.9 Å². The molecule has 0 saturated carbocycles. The summed E-state index contributed by atoms with van der Waals surface area (Å²) in [7, 11) is -3.64. The number of hydrogen-bond donors (Lipinski definition) is 2. The average Bonchev–Trinajstić information content (AvgIpc) is 2.67. The van der Waals surface area contributed by atoms with Crippen LogP contribution in [-0.4, -0.2) is 74.7 Å². The standard InChI is InChI=1S/C18H28N4O4S/c1-4-21(5-2)27(25,26)16-8-6-7-15(11-16)18(24)20-13-17(23)22-10-9-19-12-14(22)3/h6-8,11,14,19H,4-5,9-10,12-13H2,1-3H3,(H,20,24)/t14-/m1/s1. The van der Waals surface area contributed by atoms with Gasteiger partial charge in [0.1, 0.15) is 0 Å². The molecule has 1 atom stereocenters. The van der Waals surface area contributed by atoms with Crippen molar-refractivity contribution in [2.24, 2.45) is 0 Å². The Hall–Kier alpha value is -1.97. The molecule has 0 aliphatic carbocycles. The van der Waals surface area contributed by atoms with Crippen molar-refractivity contribution in [1.82, 2.24) is 19.8 Å². The van der Waals surface area contributed by atoms with Crippen molar-refractivity contribution >= 4 is 21.8 Å². The Kier molecular flexibility index (Phi) is 7.34. The van der Waals surface area contributed by atoms with Crippen LogP contribution in [0.15, 0.2) is 29.2 Å². The summed E-state index contributed by atoms with van der Waals surface area (Å²) in [5.41, 5.74) is 0.212. The Labute approximate surface area is 161 Å². The van der Waals surface area contributed by atoms with E-state index >= 15 is 0 Å². The van der Waals surface area contributed by atoms with Gasteiger partial charge in [0.25, 0.3) is 5.91 Å². The van der Waals surface area contributed by atoms with E-state index in [9.17, 15) is 18.0 Å². The summed E-state index contributed by atoms with van der Waals surface area (Å²) in [6.07, 6.45) is 0. The third-order valence-corrected chi connectivity index (χ3v) is 6.71. The van der Waals surface area contributed by atoms with E-state index in [2.05, 4.69) is 10.6 Å². The highest BCUT2D eigenvalue weighted by Crippen LogP contribution is 2.17. The van der Waals surface area contributed by atoms with E-state index in [4.69, 9.17) is 0 Å². The lowest BCUT2D eigenvalue weighted by Crippen LogP contribution is -2.54. The summed E-state index contributed by atoms with van der Waals surface area (Å²) in [6.45, 7) is 8.14. The van der Waals surface area contributed by atoms with Crippen LogP contribution in [0.1, 0.15) is 31.1 Å². The normalized spacial score (nSPS) is 17.8. The van der Waals surface area contributed by atoms with Gasteiger partial charge in [-0.3, -0.25) is 9.59 Å². The molecule has 0 bridgehead atoms. The minimum atomic E-state index is -3.64. The molecule has 150 valence electrons. The Morgan fingerprint density at radius 2 is 2.00 bits per heavy atom. The highest BCUT2D eigenvalue weighted by molar-refractivity contribution is 7.89. The molecule has 2 amide bonds. The van der Waals surface area contributed by atoms with Crippen molar-refractivity contribution in [3.8, 4) is 0 Å². The highest BCUT2D eigenvalue weighted by atomic mass is 32.2. The number of benzene rings is 1. The van der Waals surface area contributed by atoms with Crippen molar-refractivity contribution in [2.45, 2.75) is 31.7 Å². The van der Waals surface area contributed by atoms with Crippen molar-refractivity contribution in [3.63, 3.8) is 0 Å². The maximum Gasteiger partial charge on any atom is 0.251 e. The molecule has 1 heterocycles. The predicted molar refractivity (Wildman–Crippen MR) is 103 cm³/mol. The molecule has 0 unspecified atom stereocenters. The van der Waals surface area contributed by atoms with Gasteiger partial charge in [-0.05, 0) is 25.1 Å². The number of sulfonamides is 1. The molecule has 8 nitrogen and oxygen atoms in total. The molecule has 0 aromatic heterocycles. The van der Waals surface area contributed by atoms with Crippen LogP contribution in [0.5, 0.6) is 0 Å². The molecular weight excluding hydrogens is 368 g/mol. The van der Waals surface area contributed by atoms with Crippen LogP contribution in [0, 0.1) is 0 Å². The molecule has 0 radical (unpaired) electrons. The number of carbonyl (C=O) groups excluding carboxylic acids is 2. The Morgan fingerprint density at radius 1 is 1.30 bits per heavy atom. The van der Waals surface area contributed by atoms with E-state index in [0.29, 0.717) is 19.6 Å². The minimum absolute atomic E-state index is 0.0703. The van der Waals surface area contributed by atoms with Crippen LogP contribution < -0.4 is 10.6 Å². The monoisotopic (exact) mass is 396 g/mol. The summed E-state index contributed by atoms with van der Waals surface area (Å²) in [4.78, 5) is 26.5. The van der Waals surface area contributed by atoms with Crippen LogP contribution in [0.25, 0.3) is 0 Å². The van der Waals surface area contributed by atoms with Gasteiger partial charge in [0.15, 0.2) is 0 Å². The summed E-state index contributed by atoms with van der Waals surface area (Å²) in [6, 6.07) is 5.96. The third-order valence-electron chi connectivity index (χ3n) is 4.66. The molecule has 1 aliphatic rings. The second-order valence-electron chi connectivity index (χ2n) is 6.44. The van der Waals surface area contributed by atoms with E-state index in [1.165, 1.54) is 28.6 Å². The van der Waals surface area contributed by atoms with Crippen LogP contribution >= 0.6 is 0 Å². The summed E-state index contributed by atoms with van der Waals surface area (Å²) in [5, 5.41) is 5.80. The first-order valence-electron chi connectivity index (χ1n) is 9.19. The molecule has 1 aliphatic heterocycles. The molecule has 1 aromatic rings. The molecule has 2 rings (SSSR count). The molecule has 0 spiro atoms. The second-order valence-corrected chi connectivity index (χ2v) is 8.38. The maximum atomic E-state index is 12.6. The molecule has 1 aromatic carbocycles. The van der Waals surface area contributed by atoms with Crippen molar-refractivity contribution < 1.29 is 18.0 Å². The largest absolute Gasteiger partial charge is 0.343 e. The van der Waals surface area contributed by atoms with Gasteiger partial charge in [-0.1, -0.05) is 19.9 Å². The number of hydrogen-bond acceptors (Lipinski definition) is 5. The van der Waals surface area contributed by atoms with Gasteiger partial charge in [0.2, 0.25) is 15.9 Å². The van der Waals surface area contributed by atoms with E-state index in [0.717, 1.165) is 13.1 Å². The smallest absolute Gasteiger partial charge is 0.251 e. The number of nitrogens with one attached hydrogen (secondary N) is 2. The van der Waals surface area contributed by atoms with Gasteiger partial charge in [-0.15, -0.1) is 0 Å². The average molecular weight is 397 g/mol. The van der Waals surface area contributed by atoms with Gasteiger partial charge >= 0.3 is 0 Å². The number of amides is 2. The molecule has 1 fully saturated rings. The number of piperazine rings is 1.